The lowest BCUT2D eigenvalue weighted by atomic mass is 10.0. The number of rotatable bonds is 4. The lowest BCUT2D eigenvalue weighted by Gasteiger charge is -2.07. The number of aliphatic hydroxyl groups is 1. The zero-order valence-electron chi connectivity index (χ0n) is 9.57. The second kappa shape index (κ2) is 5.85. The van der Waals surface area contributed by atoms with Crippen molar-refractivity contribution >= 4 is 11.6 Å². The van der Waals surface area contributed by atoms with E-state index in [4.69, 9.17) is 16.7 Å². The second-order valence-corrected chi connectivity index (χ2v) is 4.41. The Bertz CT molecular complexity index is 480. The number of aliphatic hydroxyl groups excluding tert-OH is 1. The fourth-order valence-electron chi connectivity index (χ4n) is 1.85. The van der Waals surface area contributed by atoms with Crippen LogP contribution in [0.1, 0.15) is 12.0 Å². The maximum atomic E-state index is 8.86. The number of aryl methyl sites for hydroxylation is 1. The summed E-state index contributed by atoms with van der Waals surface area (Å²) in [6, 6.07) is 16.3. The van der Waals surface area contributed by atoms with E-state index in [1.807, 2.05) is 30.3 Å². The van der Waals surface area contributed by atoms with Gasteiger partial charge in [0.25, 0.3) is 0 Å². The predicted octanol–water partition coefficient (Wildman–Crippen LogP) is 3.93. The third-order valence-electron chi connectivity index (χ3n) is 2.76. The molecule has 0 saturated heterocycles. The van der Waals surface area contributed by atoms with Gasteiger partial charge in [-0.15, -0.1) is 0 Å². The first-order chi connectivity index (χ1) is 8.31. The Balaban J connectivity index is 2.31. The van der Waals surface area contributed by atoms with Crippen LogP contribution >= 0.6 is 11.6 Å². The van der Waals surface area contributed by atoms with Crippen LogP contribution < -0.4 is 0 Å². The van der Waals surface area contributed by atoms with Crippen molar-refractivity contribution in [1.82, 2.24) is 0 Å². The van der Waals surface area contributed by atoms with E-state index in [0.29, 0.717) is 0 Å². The Morgan fingerprint density at radius 2 is 1.71 bits per heavy atom. The lowest BCUT2D eigenvalue weighted by Crippen LogP contribution is -1.91. The van der Waals surface area contributed by atoms with Gasteiger partial charge in [-0.3, -0.25) is 0 Å². The number of hydrogen-bond acceptors (Lipinski definition) is 1. The molecule has 0 amide bonds. The summed E-state index contributed by atoms with van der Waals surface area (Å²) in [6.45, 7) is 0.200. The summed E-state index contributed by atoms with van der Waals surface area (Å²) in [6.07, 6.45) is 1.56. The van der Waals surface area contributed by atoms with Crippen molar-refractivity contribution in [2.24, 2.45) is 0 Å². The summed E-state index contributed by atoms with van der Waals surface area (Å²) in [5, 5.41) is 9.64. The van der Waals surface area contributed by atoms with Crippen molar-refractivity contribution < 1.29 is 5.11 Å². The fourth-order valence-corrected chi connectivity index (χ4v) is 2.06. The SMILES string of the molecule is OCCCc1cc(-c2ccccc2)ccc1Cl. The molecule has 2 aromatic rings. The average molecular weight is 247 g/mol. The summed E-state index contributed by atoms with van der Waals surface area (Å²) in [7, 11) is 0. The van der Waals surface area contributed by atoms with E-state index in [-0.39, 0.29) is 6.61 Å². The monoisotopic (exact) mass is 246 g/mol. The number of benzene rings is 2. The largest absolute Gasteiger partial charge is 0.396 e. The third-order valence-corrected chi connectivity index (χ3v) is 3.13. The van der Waals surface area contributed by atoms with Gasteiger partial charge in [0, 0.05) is 11.6 Å². The molecule has 2 heteroatoms. The number of halogens is 1. The molecule has 2 aromatic carbocycles. The van der Waals surface area contributed by atoms with Crippen LogP contribution in [0.5, 0.6) is 0 Å². The first-order valence-electron chi connectivity index (χ1n) is 5.76. The molecule has 0 aliphatic rings. The molecule has 2 rings (SSSR count). The highest BCUT2D eigenvalue weighted by atomic mass is 35.5. The van der Waals surface area contributed by atoms with Crippen LogP contribution in [0.15, 0.2) is 48.5 Å². The minimum absolute atomic E-state index is 0.200. The van der Waals surface area contributed by atoms with Crippen LogP contribution in [-0.2, 0) is 6.42 Å². The summed E-state index contributed by atoms with van der Waals surface area (Å²) in [5.41, 5.74) is 3.46. The molecule has 0 fully saturated rings. The number of hydrogen-bond donors (Lipinski definition) is 1. The molecule has 0 aliphatic heterocycles. The quantitative estimate of drug-likeness (QED) is 0.867. The minimum Gasteiger partial charge on any atom is -0.396 e. The van der Waals surface area contributed by atoms with Gasteiger partial charge in [-0.25, -0.2) is 0 Å². The molecule has 88 valence electrons. The van der Waals surface area contributed by atoms with Crippen molar-refractivity contribution in [3.63, 3.8) is 0 Å². The summed E-state index contributed by atoms with van der Waals surface area (Å²) < 4.78 is 0. The van der Waals surface area contributed by atoms with Gasteiger partial charge in [0.2, 0.25) is 0 Å². The third kappa shape index (κ3) is 3.09. The van der Waals surface area contributed by atoms with Gasteiger partial charge in [0.1, 0.15) is 0 Å². The van der Waals surface area contributed by atoms with Gasteiger partial charge in [-0.1, -0.05) is 48.0 Å². The molecule has 0 aromatic heterocycles. The first kappa shape index (κ1) is 12.2. The van der Waals surface area contributed by atoms with Crippen molar-refractivity contribution in [2.45, 2.75) is 12.8 Å². The molecule has 0 aliphatic carbocycles. The highest BCUT2D eigenvalue weighted by Gasteiger charge is 2.03. The molecule has 0 atom stereocenters. The van der Waals surface area contributed by atoms with Gasteiger partial charge in [-0.05, 0) is 41.7 Å². The van der Waals surface area contributed by atoms with E-state index in [0.717, 1.165) is 23.4 Å². The van der Waals surface area contributed by atoms with Gasteiger partial charge in [0.05, 0.1) is 0 Å². The summed E-state index contributed by atoms with van der Waals surface area (Å²) in [5.74, 6) is 0. The topological polar surface area (TPSA) is 20.2 Å². The Kier molecular flexibility index (Phi) is 4.18. The highest BCUT2D eigenvalue weighted by molar-refractivity contribution is 6.31. The predicted molar refractivity (Wildman–Crippen MR) is 72.3 cm³/mol. The molecule has 1 nitrogen and oxygen atoms in total. The van der Waals surface area contributed by atoms with E-state index in [1.165, 1.54) is 11.1 Å². The van der Waals surface area contributed by atoms with E-state index < -0.39 is 0 Å². The standard InChI is InChI=1S/C15H15ClO/c16-15-9-8-13(11-14(15)7-4-10-17)12-5-2-1-3-6-12/h1-3,5-6,8-9,11,17H,4,7,10H2. The fraction of sp³-hybridized carbons (Fsp3) is 0.200. The van der Waals surface area contributed by atoms with Crippen LogP contribution in [0.25, 0.3) is 11.1 Å². The van der Waals surface area contributed by atoms with Gasteiger partial charge in [0.15, 0.2) is 0 Å². The van der Waals surface area contributed by atoms with Crippen molar-refractivity contribution in [1.29, 1.82) is 0 Å². The normalized spacial score (nSPS) is 10.5. The molecule has 17 heavy (non-hydrogen) atoms. The summed E-state index contributed by atoms with van der Waals surface area (Å²) in [4.78, 5) is 0. The molecular weight excluding hydrogens is 232 g/mol. The van der Waals surface area contributed by atoms with Gasteiger partial charge >= 0.3 is 0 Å². The zero-order valence-corrected chi connectivity index (χ0v) is 10.3. The lowest BCUT2D eigenvalue weighted by molar-refractivity contribution is 0.288. The van der Waals surface area contributed by atoms with Crippen LogP contribution in [0, 0.1) is 0 Å². The van der Waals surface area contributed by atoms with Crippen LogP contribution in [0.3, 0.4) is 0 Å². The maximum absolute atomic E-state index is 8.86. The molecule has 0 heterocycles. The van der Waals surface area contributed by atoms with Crippen LogP contribution in [-0.4, -0.2) is 11.7 Å². The Morgan fingerprint density at radius 3 is 2.41 bits per heavy atom. The smallest absolute Gasteiger partial charge is 0.0438 e. The van der Waals surface area contributed by atoms with E-state index >= 15 is 0 Å². The second-order valence-electron chi connectivity index (χ2n) is 4.00. The van der Waals surface area contributed by atoms with Gasteiger partial charge < -0.3 is 5.11 Å². The highest BCUT2D eigenvalue weighted by Crippen LogP contribution is 2.25. The maximum Gasteiger partial charge on any atom is 0.0438 e. The molecule has 0 unspecified atom stereocenters. The first-order valence-corrected chi connectivity index (χ1v) is 6.14. The Hall–Kier alpha value is -1.31. The molecule has 0 bridgehead atoms. The van der Waals surface area contributed by atoms with E-state index in [1.54, 1.807) is 0 Å². The summed E-state index contributed by atoms with van der Waals surface area (Å²) >= 11 is 6.14. The molecule has 0 spiro atoms. The van der Waals surface area contributed by atoms with Crippen molar-refractivity contribution in [3.8, 4) is 11.1 Å². The Morgan fingerprint density at radius 1 is 0.941 bits per heavy atom. The van der Waals surface area contributed by atoms with Gasteiger partial charge in [-0.2, -0.15) is 0 Å². The van der Waals surface area contributed by atoms with Crippen LogP contribution in [0.4, 0.5) is 0 Å². The minimum atomic E-state index is 0.200. The molecule has 0 radical (unpaired) electrons. The van der Waals surface area contributed by atoms with Crippen molar-refractivity contribution in [2.75, 3.05) is 6.61 Å². The Labute approximate surface area is 107 Å². The van der Waals surface area contributed by atoms with E-state index in [9.17, 15) is 0 Å². The van der Waals surface area contributed by atoms with Crippen molar-refractivity contribution in [3.05, 3.63) is 59.1 Å². The molecular formula is C15H15ClO. The van der Waals surface area contributed by atoms with E-state index in [2.05, 4.69) is 18.2 Å². The molecule has 1 N–H and O–H groups in total. The zero-order chi connectivity index (χ0) is 12.1. The average Bonchev–Trinajstić information content (AvgIpc) is 2.39. The van der Waals surface area contributed by atoms with Crippen LogP contribution in [0.2, 0.25) is 5.02 Å². The molecule has 0 saturated carbocycles.